The highest BCUT2D eigenvalue weighted by Crippen LogP contribution is 2.23. The number of para-hydroxylation sites is 2. The molecular formula is C22H29N3O4. The molecule has 2 aromatic rings. The summed E-state index contributed by atoms with van der Waals surface area (Å²) >= 11 is 0. The van der Waals surface area contributed by atoms with Gasteiger partial charge in [0.2, 0.25) is 11.8 Å². The fourth-order valence-electron chi connectivity index (χ4n) is 2.42. The van der Waals surface area contributed by atoms with Gasteiger partial charge in [0, 0.05) is 23.9 Å². The number of carbonyl (C=O) groups is 2. The summed E-state index contributed by atoms with van der Waals surface area (Å²) in [4.78, 5) is 24.2. The molecule has 29 heavy (non-hydrogen) atoms. The fraction of sp³-hybridized carbons (Fsp3) is 0.364. The molecule has 2 aromatic carbocycles. The number of amides is 2. The molecular weight excluding hydrogens is 370 g/mol. The molecule has 0 aliphatic carbocycles. The van der Waals surface area contributed by atoms with Crippen LogP contribution in [0.5, 0.6) is 5.75 Å². The van der Waals surface area contributed by atoms with Gasteiger partial charge in [-0.2, -0.15) is 0 Å². The molecule has 0 radical (unpaired) electrons. The molecule has 0 heterocycles. The van der Waals surface area contributed by atoms with Crippen molar-refractivity contribution in [2.45, 2.75) is 20.8 Å². The lowest BCUT2D eigenvalue weighted by Gasteiger charge is -2.13. The summed E-state index contributed by atoms with van der Waals surface area (Å²) in [6.07, 6.45) is 0. The predicted molar refractivity (Wildman–Crippen MR) is 115 cm³/mol. The molecule has 0 aliphatic heterocycles. The van der Waals surface area contributed by atoms with Crippen LogP contribution in [0, 0.1) is 5.92 Å². The van der Waals surface area contributed by atoms with Gasteiger partial charge >= 0.3 is 0 Å². The maximum absolute atomic E-state index is 12.3. The monoisotopic (exact) mass is 399 g/mol. The number of benzene rings is 2. The Balaban J connectivity index is 1.88. The van der Waals surface area contributed by atoms with Gasteiger partial charge < -0.3 is 25.4 Å². The highest BCUT2D eigenvalue weighted by Gasteiger charge is 2.09. The van der Waals surface area contributed by atoms with Crippen LogP contribution in [-0.2, 0) is 14.3 Å². The summed E-state index contributed by atoms with van der Waals surface area (Å²) in [6.45, 7) is 7.21. The molecule has 0 aromatic heterocycles. The summed E-state index contributed by atoms with van der Waals surface area (Å²) in [5.41, 5.74) is 2.03. The molecule has 0 saturated carbocycles. The molecule has 0 atom stereocenters. The summed E-state index contributed by atoms with van der Waals surface area (Å²) in [5, 5.41) is 8.75. The maximum atomic E-state index is 12.3. The molecule has 7 heteroatoms. The average Bonchev–Trinajstić information content (AvgIpc) is 2.71. The number of hydrogen-bond donors (Lipinski definition) is 3. The largest absolute Gasteiger partial charge is 0.489 e. The maximum Gasteiger partial charge on any atom is 0.243 e. The second kappa shape index (κ2) is 11.7. The minimum absolute atomic E-state index is 0.0548. The van der Waals surface area contributed by atoms with E-state index in [0.29, 0.717) is 36.9 Å². The Morgan fingerprint density at radius 1 is 0.966 bits per heavy atom. The second-order valence-corrected chi connectivity index (χ2v) is 6.67. The molecule has 0 spiro atoms. The number of ether oxygens (including phenoxy) is 2. The number of hydrogen-bond acceptors (Lipinski definition) is 5. The van der Waals surface area contributed by atoms with E-state index >= 15 is 0 Å². The lowest BCUT2D eigenvalue weighted by molar-refractivity contribution is -0.119. The van der Waals surface area contributed by atoms with Gasteiger partial charge in [-0.3, -0.25) is 9.59 Å². The first kappa shape index (κ1) is 22.2. The highest BCUT2D eigenvalue weighted by atomic mass is 16.5. The number of nitrogens with one attached hydrogen (secondary N) is 3. The summed E-state index contributed by atoms with van der Waals surface area (Å²) in [6, 6.07) is 14.5. The minimum atomic E-state index is -0.206. The van der Waals surface area contributed by atoms with Gasteiger partial charge in [-0.05, 0) is 37.3 Å². The topological polar surface area (TPSA) is 88.7 Å². The molecule has 156 valence electrons. The van der Waals surface area contributed by atoms with Crippen molar-refractivity contribution in [1.82, 2.24) is 0 Å². The lowest BCUT2D eigenvalue weighted by atomic mass is 10.2. The van der Waals surface area contributed by atoms with Crippen LogP contribution in [0.15, 0.2) is 48.5 Å². The molecule has 0 fully saturated rings. The van der Waals surface area contributed by atoms with E-state index in [-0.39, 0.29) is 24.3 Å². The van der Waals surface area contributed by atoms with Gasteiger partial charge in [0.1, 0.15) is 12.4 Å². The van der Waals surface area contributed by atoms with Crippen molar-refractivity contribution < 1.29 is 19.1 Å². The predicted octanol–water partition coefficient (Wildman–Crippen LogP) is 3.75. The average molecular weight is 399 g/mol. The molecule has 7 nitrogen and oxygen atoms in total. The van der Waals surface area contributed by atoms with E-state index < -0.39 is 0 Å². The van der Waals surface area contributed by atoms with E-state index in [4.69, 9.17) is 9.47 Å². The standard InChI is InChI=1S/C22H29N3O4/c1-4-28-12-13-29-20-11-6-5-10-19(20)25-21(26)15-23-17-8-7-9-18(14-17)24-22(27)16(2)3/h5-11,14,16,23H,4,12-13,15H2,1-3H3,(H,24,27)(H,25,26). The Kier molecular flexibility index (Phi) is 8.98. The highest BCUT2D eigenvalue weighted by molar-refractivity contribution is 5.95. The molecule has 0 unspecified atom stereocenters. The summed E-state index contributed by atoms with van der Waals surface area (Å²) in [7, 11) is 0. The van der Waals surface area contributed by atoms with Crippen LogP contribution >= 0.6 is 0 Å². The first-order valence-electron chi connectivity index (χ1n) is 9.73. The zero-order chi connectivity index (χ0) is 21.1. The van der Waals surface area contributed by atoms with E-state index in [1.807, 2.05) is 45.0 Å². The van der Waals surface area contributed by atoms with Gasteiger partial charge in [0.15, 0.2) is 0 Å². The van der Waals surface area contributed by atoms with Gasteiger partial charge in [0.05, 0.1) is 18.8 Å². The zero-order valence-corrected chi connectivity index (χ0v) is 17.2. The molecule has 0 aliphatic rings. The van der Waals surface area contributed by atoms with E-state index in [0.717, 1.165) is 5.69 Å². The molecule has 3 N–H and O–H groups in total. The van der Waals surface area contributed by atoms with E-state index in [9.17, 15) is 9.59 Å². The van der Waals surface area contributed by atoms with Crippen molar-refractivity contribution in [3.05, 3.63) is 48.5 Å². The van der Waals surface area contributed by atoms with Crippen LogP contribution in [0.1, 0.15) is 20.8 Å². The fourth-order valence-corrected chi connectivity index (χ4v) is 2.42. The Bertz CT molecular complexity index is 808. The number of carbonyl (C=O) groups excluding carboxylic acids is 2. The zero-order valence-electron chi connectivity index (χ0n) is 17.2. The summed E-state index contributed by atoms with van der Waals surface area (Å²) < 4.78 is 10.9. The molecule has 0 bridgehead atoms. The smallest absolute Gasteiger partial charge is 0.243 e. The van der Waals surface area contributed by atoms with Crippen molar-refractivity contribution in [2.75, 3.05) is 42.3 Å². The number of rotatable bonds is 11. The van der Waals surface area contributed by atoms with Gasteiger partial charge in [0.25, 0.3) is 0 Å². The van der Waals surface area contributed by atoms with E-state index in [1.165, 1.54) is 0 Å². The van der Waals surface area contributed by atoms with Crippen molar-refractivity contribution in [3.8, 4) is 5.75 Å². The Hall–Kier alpha value is -3.06. The van der Waals surface area contributed by atoms with Gasteiger partial charge in [-0.15, -0.1) is 0 Å². The molecule has 0 saturated heterocycles. The molecule has 2 rings (SSSR count). The van der Waals surface area contributed by atoms with Crippen molar-refractivity contribution >= 4 is 28.9 Å². The normalized spacial score (nSPS) is 10.5. The molecule has 2 amide bonds. The minimum Gasteiger partial charge on any atom is -0.489 e. The van der Waals surface area contributed by atoms with Crippen LogP contribution in [0.3, 0.4) is 0 Å². The first-order valence-corrected chi connectivity index (χ1v) is 9.73. The Morgan fingerprint density at radius 2 is 1.72 bits per heavy atom. The Labute approximate surface area is 171 Å². The third-order valence-electron chi connectivity index (χ3n) is 3.96. The van der Waals surface area contributed by atoms with Crippen molar-refractivity contribution in [1.29, 1.82) is 0 Å². The van der Waals surface area contributed by atoms with Crippen LogP contribution in [0.25, 0.3) is 0 Å². The third kappa shape index (κ3) is 7.83. The van der Waals surface area contributed by atoms with E-state index in [1.54, 1.807) is 24.3 Å². The lowest BCUT2D eigenvalue weighted by Crippen LogP contribution is -2.22. The number of anilines is 3. The first-order chi connectivity index (χ1) is 14.0. The van der Waals surface area contributed by atoms with Crippen LogP contribution < -0.4 is 20.7 Å². The van der Waals surface area contributed by atoms with Crippen molar-refractivity contribution in [2.24, 2.45) is 5.92 Å². The van der Waals surface area contributed by atoms with Crippen LogP contribution in [0.4, 0.5) is 17.1 Å². The SMILES string of the molecule is CCOCCOc1ccccc1NC(=O)CNc1cccc(NC(=O)C(C)C)c1. The quantitative estimate of drug-likeness (QED) is 0.501. The van der Waals surface area contributed by atoms with E-state index in [2.05, 4.69) is 16.0 Å². The van der Waals surface area contributed by atoms with Crippen molar-refractivity contribution in [3.63, 3.8) is 0 Å². The second-order valence-electron chi connectivity index (χ2n) is 6.67. The Morgan fingerprint density at radius 3 is 2.48 bits per heavy atom. The van der Waals surface area contributed by atoms with Crippen LogP contribution in [-0.4, -0.2) is 38.2 Å². The van der Waals surface area contributed by atoms with Gasteiger partial charge in [-0.25, -0.2) is 0 Å². The summed E-state index contributed by atoms with van der Waals surface area (Å²) in [5.74, 6) is 0.232. The third-order valence-corrected chi connectivity index (χ3v) is 3.96. The van der Waals surface area contributed by atoms with Gasteiger partial charge in [-0.1, -0.05) is 32.0 Å². The van der Waals surface area contributed by atoms with Crippen LogP contribution in [0.2, 0.25) is 0 Å².